The standard InChI is InChI=1S/C11H20N2O/c1-5-11(2,13(3)4)10(12)9-7-6-8-14-9/h6-8,10H,5,12H2,1-4H3. The number of likely N-dealkylation sites (N-methyl/N-ethyl adjacent to an activating group) is 1. The molecule has 0 amide bonds. The van der Waals surface area contributed by atoms with Gasteiger partial charge in [0.1, 0.15) is 5.76 Å². The fourth-order valence-corrected chi connectivity index (χ4v) is 1.59. The number of rotatable bonds is 4. The van der Waals surface area contributed by atoms with Crippen LogP contribution < -0.4 is 5.73 Å². The van der Waals surface area contributed by atoms with Crippen LogP contribution >= 0.6 is 0 Å². The van der Waals surface area contributed by atoms with Crippen molar-refractivity contribution in [2.75, 3.05) is 14.1 Å². The predicted octanol–water partition coefficient (Wildman–Crippen LogP) is 2.01. The molecule has 0 saturated carbocycles. The van der Waals surface area contributed by atoms with Gasteiger partial charge in [-0.1, -0.05) is 6.92 Å². The minimum Gasteiger partial charge on any atom is -0.468 e. The zero-order valence-corrected chi connectivity index (χ0v) is 9.45. The normalized spacial score (nSPS) is 18.1. The van der Waals surface area contributed by atoms with E-state index in [9.17, 15) is 0 Å². The van der Waals surface area contributed by atoms with Gasteiger partial charge >= 0.3 is 0 Å². The Hall–Kier alpha value is -0.800. The molecule has 1 rings (SSSR count). The smallest absolute Gasteiger partial charge is 0.122 e. The summed E-state index contributed by atoms with van der Waals surface area (Å²) in [5, 5.41) is 0. The van der Waals surface area contributed by atoms with Crippen LogP contribution in [0.4, 0.5) is 0 Å². The van der Waals surface area contributed by atoms with Crippen molar-refractivity contribution < 1.29 is 4.42 Å². The highest BCUT2D eigenvalue weighted by Crippen LogP contribution is 2.30. The Morgan fingerprint density at radius 2 is 2.21 bits per heavy atom. The summed E-state index contributed by atoms with van der Waals surface area (Å²) in [7, 11) is 4.10. The van der Waals surface area contributed by atoms with Crippen LogP contribution in [0.15, 0.2) is 22.8 Å². The lowest BCUT2D eigenvalue weighted by Crippen LogP contribution is -2.49. The second-order valence-corrected chi connectivity index (χ2v) is 4.10. The van der Waals surface area contributed by atoms with Crippen LogP contribution in [0.5, 0.6) is 0 Å². The van der Waals surface area contributed by atoms with E-state index in [0.717, 1.165) is 12.2 Å². The molecule has 1 aromatic heterocycles. The average molecular weight is 196 g/mol. The summed E-state index contributed by atoms with van der Waals surface area (Å²) in [6.45, 7) is 4.29. The van der Waals surface area contributed by atoms with Crippen molar-refractivity contribution in [3.8, 4) is 0 Å². The van der Waals surface area contributed by atoms with Gasteiger partial charge in [0.2, 0.25) is 0 Å². The number of hydrogen-bond donors (Lipinski definition) is 1. The molecule has 3 heteroatoms. The van der Waals surface area contributed by atoms with E-state index < -0.39 is 0 Å². The van der Waals surface area contributed by atoms with Gasteiger partial charge in [0.15, 0.2) is 0 Å². The molecular formula is C11H20N2O. The molecular weight excluding hydrogens is 176 g/mol. The predicted molar refractivity (Wildman–Crippen MR) is 58.0 cm³/mol. The first kappa shape index (κ1) is 11.3. The number of hydrogen-bond acceptors (Lipinski definition) is 3. The minimum atomic E-state index is -0.0856. The Kier molecular flexibility index (Phi) is 3.34. The van der Waals surface area contributed by atoms with Crippen LogP contribution in [-0.4, -0.2) is 24.5 Å². The lowest BCUT2D eigenvalue weighted by atomic mass is 9.87. The zero-order valence-electron chi connectivity index (χ0n) is 9.45. The van der Waals surface area contributed by atoms with Crippen molar-refractivity contribution in [3.05, 3.63) is 24.2 Å². The van der Waals surface area contributed by atoms with E-state index in [1.807, 2.05) is 26.2 Å². The van der Waals surface area contributed by atoms with Crippen molar-refractivity contribution in [1.82, 2.24) is 4.90 Å². The Morgan fingerprint density at radius 1 is 1.57 bits per heavy atom. The van der Waals surface area contributed by atoms with E-state index in [4.69, 9.17) is 10.2 Å². The molecule has 80 valence electrons. The van der Waals surface area contributed by atoms with E-state index >= 15 is 0 Å². The van der Waals surface area contributed by atoms with Crippen molar-refractivity contribution in [2.24, 2.45) is 5.73 Å². The maximum absolute atomic E-state index is 6.19. The van der Waals surface area contributed by atoms with Crippen molar-refractivity contribution in [2.45, 2.75) is 31.8 Å². The van der Waals surface area contributed by atoms with Gasteiger partial charge in [-0.05, 0) is 39.6 Å². The molecule has 2 atom stereocenters. The Morgan fingerprint density at radius 3 is 2.57 bits per heavy atom. The molecule has 14 heavy (non-hydrogen) atoms. The summed E-state index contributed by atoms with van der Waals surface area (Å²) < 4.78 is 5.34. The summed E-state index contributed by atoms with van der Waals surface area (Å²) >= 11 is 0. The Bertz CT molecular complexity index is 269. The monoisotopic (exact) mass is 196 g/mol. The summed E-state index contributed by atoms with van der Waals surface area (Å²) in [6.07, 6.45) is 2.66. The van der Waals surface area contributed by atoms with Gasteiger partial charge in [-0.2, -0.15) is 0 Å². The van der Waals surface area contributed by atoms with E-state index in [0.29, 0.717) is 0 Å². The molecule has 0 fully saturated rings. The molecule has 0 aliphatic rings. The molecule has 0 aromatic carbocycles. The average Bonchev–Trinajstić information content (AvgIpc) is 2.67. The lowest BCUT2D eigenvalue weighted by molar-refractivity contribution is 0.121. The van der Waals surface area contributed by atoms with Crippen LogP contribution in [0.1, 0.15) is 32.1 Å². The fraction of sp³-hybridized carbons (Fsp3) is 0.636. The summed E-state index contributed by atoms with van der Waals surface area (Å²) in [5.74, 6) is 0.850. The molecule has 3 nitrogen and oxygen atoms in total. The van der Waals surface area contributed by atoms with Gasteiger partial charge in [-0.15, -0.1) is 0 Å². The molecule has 2 unspecified atom stereocenters. The van der Waals surface area contributed by atoms with E-state index in [1.54, 1.807) is 6.26 Å². The van der Waals surface area contributed by atoms with Crippen LogP contribution in [0, 0.1) is 0 Å². The molecule has 0 spiro atoms. The molecule has 0 aliphatic carbocycles. The summed E-state index contributed by atoms with van der Waals surface area (Å²) in [4.78, 5) is 2.15. The van der Waals surface area contributed by atoms with Crippen molar-refractivity contribution >= 4 is 0 Å². The number of furan rings is 1. The number of nitrogens with two attached hydrogens (primary N) is 1. The van der Waals surface area contributed by atoms with Gasteiger partial charge in [-0.3, -0.25) is 0 Å². The van der Waals surface area contributed by atoms with Gasteiger partial charge in [-0.25, -0.2) is 0 Å². The van der Waals surface area contributed by atoms with Gasteiger partial charge in [0.05, 0.1) is 12.3 Å². The maximum Gasteiger partial charge on any atom is 0.122 e. The third-order valence-electron chi connectivity index (χ3n) is 3.26. The zero-order chi connectivity index (χ0) is 10.8. The van der Waals surface area contributed by atoms with Crippen LogP contribution in [0.3, 0.4) is 0 Å². The quantitative estimate of drug-likeness (QED) is 0.801. The maximum atomic E-state index is 6.19. The van der Waals surface area contributed by atoms with Gasteiger partial charge in [0.25, 0.3) is 0 Å². The third-order valence-corrected chi connectivity index (χ3v) is 3.26. The van der Waals surface area contributed by atoms with Crippen molar-refractivity contribution in [1.29, 1.82) is 0 Å². The largest absolute Gasteiger partial charge is 0.468 e. The minimum absolute atomic E-state index is 0.0577. The first-order valence-corrected chi connectivity index (χ1v) is 4.98. The molecule has 0 bridgehead atoms. The molecule has 1 heterocycles. The van der Waals surface area contributed by atoms with Crippen LogP contribution in [0.25, 0.3) is 0 Å². The Balaban J connectivity index is 2.90. The summed E-state index contributed by atoms with van der Waals surface area (Å²) in [6, 6.07) is 3.72. The van der Waals surface area contributed by atoms with E-state index in [2.05, 4.69) is 18.7 Å². The highest BCUT2D eigenvalue weighted by molar-refractivity contribution is 5.10. The fourth-order valence-electron chi connectivity index (χ4n) is 1.59. The molecule has 2 N–H and O–H groups in total. The second kappa shape index (κ2) is 4.15. The van der Waals surface area contributed by atoms with E-state index in [1.165, 1.54) is 0 Å². The Labute approximate surface area is 85.9 Å². The van der Waals surface area contributed by atoms with Gasteiger partial charge < -0.3 is 15.1 Å². The molecule has 0 aliphatic heterocycles. The van der Waals surface area contributed by atoms with Crippen LogP contribution in [-0.2, 0) is 0 Å². The van der Waals surface area contributed by atoms with Crippen molar-refractivity contribution in [3.63, 3.8) is 0 Å². The third kappa shape index (κ3) is 1.83. The highest BCUT2D eigenvalue weighted by atomic mass is 16.3. The van der Waals surface area contributed by atoms with E-state index in [-0.39, 0.29) is 11.6 Å². The lowest BCUT2D eigenvalue weighted by Gasteiger charge is -2.39. The van der Waals surface area contributed by atoms with Gasteiger partial charge in [0, 0.05) is 5.54 Å². The molecule has 0 radical (unpaired) electrons. The number of nitrogens with zero attached hydrogens (tertiary/aromatic N) is 1. The van der Waals surface area contributed by atoms with Crippen LogP contribution in [0.2, 0.25) is 0 Å². The first-order valence-electron chi connectivity index (χ1n) is 4.98. The summed E-state index contributed by atoms with van der Waals surface area (Å²) in [5.41, 5.74) is 6.14. The molecule has 1 aromatic rings. The highest BCUT2D eigenvalue weighted by Gasteiger charge is 2.34. The topological polar surface area (TPSA) is 42.4 Å². The first-order chi connectivity index (χ1) is 6.52. The second-order valence-electron chi connectivity index (χ2n) is 4.10. The SMILES string of the molecule is CCC(C)(C(N)c1ccco1)N(C)C. The molecule has 0 saturated heterocycles.